The summed E-state index contributed by atoms with van der Waals surface area (Å²) in [6.45, 7) is 3.65. The minimum atomic E-state index is 0.541. The van der Waals surface area contributed by atoms with Gasteiger partial charge in [-0.25, -0.2) is 0 Å². The number of benzene rings is 1. The SMILES string of the molecule is COc1ccccc1CC1CNCCOC1. The minimum absolute atomic E-state index is 0.541. The number of rotatable bonds is 3. The van der Waals surface area contributed by atoms with E-state index in [2.05, 4.69) is 17.4 Å². The summed E-state index contributed by atoms with van der Waals surface area (Å²) in [6.07, 6.45) is 1.01. The molecular weight excluding hydrogens is 202 g/mol. The summed E-state index contributed by atoms with van der Waals surface area (Å²) in [5.74, 6) is 1.52. The molecule has 3 heteroatoms. The molecule has 2 rings (SSSR count). The maximum absolute atomic E-state index is 5.55. The lowest BCUT2D eigenvalue weighted by Gasteiger charge is -2.15. The van der Waals surface area contributed by atoms with Gasteiger partial charge in [0, 0.05) is 13.1 Å². The normalized spacial score (nSPS) is 21.4. The highest BCUT2D eigenvalue weighted by atomic mass is 16.5. The molecule has 1 saturated heterocycles. The summed E-state index contributed by atoms with van der Waals surface area (Å²) < 4.78 is 10.9. The van der Waals surface area contributed by atoms with E-state index in [0.29, 0.717) is 5.92 Å². The van der Waals surface area contributed by atoms with Crippen molar-refractivity contribution in [3.63, 3.8) is 0 Å². The van der Waals surface area contributed by atoms with Gasteiger partial charge in [0.25, 0.3) is 0 Å². The molecule has 1 aromatic carbocycles. The summed E-state index contributed by atoms with van der Waals surface area (Å²) >= 11 is 0. The number of hydrogen-bond donors (Lipinski definition) is 1. The van der Waals surface area contributed by atoms with Crippen LogP contribution in [0.1, 0.15) is 5.56 Å². The van der Waals surface area contributed by atoms with Crippen molar-refractivity contribution in [1.82, 2.24) is 5.32 Å². The molecule has 1 aliphatic heterocycles. The van der Waals surface area contributed by atoms with E-state index in [0.717, 1.165) is 38.5 Å². The van der Waals surface area contributed by atoms with E-state index in [4.69, 9.17) is 9.47 Å². The Hall–Kier alpha value is -1.06. The van der Waals surface area contributed by atoms with Crippen LogP contribution in [0.4, 0.5) is 0 Å². The summed E-state index contributed by atoms with van der Waals surface area (Å²) in [7, 11) is 1.72. The number of methoxy groups -OCH3 is 1. The van der Waals surface area contributed by atoms with E-state index in [1.165, 1.54) is 5.56 Å². The molecule has 0 aliphatic carbocycles. The molecule has 1 heterocycles. The number of para-hydroxylation sites is 1. The van der Waals surface area contributed by atoms with E-state index in [1.807, 2.05) is 12.1 Å². The standard InChI is InChI=1S/C13H19NO2/c1-15-13-5-3-2-4-12(13)8-11-9-14-6-7-16-10-11/h2-5,11,14H,6-10H2,1H3. The van der Waals surface area contributed by atoms with Gasteiger partial charge < -0.3 is 14.8 Å². The second-order valence-corrected chi connectivity index (χ2v) is 4.16. The first-order valence-corrected chi connectivity index (χ1v) is 5.80. The van der Waals surface area contributed by atoms with Crippen molar-refractivity contribution in [2.24, 2.45) is 5.92 Å². The highest BCUT2D eigenvalue weighted by Gasteiger charge is 2.14. The Kier molecular flexibility index (Phi) is 4.19. The molecule has 1 atom stereocenters. The summed E-state index contributed by atoms with van der Waals surface area (Å²) in [4.78, 5) is 0. The molecule has 0 bridgehead atoms. The molecule has 0 radical (unpaired) electrons. The molecule has 0 amide bonds. The highest BCUT2D eigenvalue weighted by molar-refractivity contribution is 5.33. The zero-order valence-electron chi connectivity index (χ0n) is 9.74. The Balaban J connectivity index is 2.01. The van der Waals surface area contributed by atoms with Crippen LogP contribution in [0, 0.1) is 5.92 Å². The Bertz CT molecular complexity index is 319. The lowest BCUT2D eigenvalue weighted by Crippen LogP contribution is -2.24. The summed E-state index contributed by atoms with van der Waals surface area (Å²) in [5.41, 5.74) is 1.27. The van der Waals surface area contributed by atoms with Gasteiger partial charge in [-0.3, -0.25) is 0 Å². The van der Waals surface area contributed by atoms with Gasteiger partial charge in [-0.05, 0) is 24.0 Å². The molecule has 1 unspecified atom stereocenters. The van der Waals surface area contributed by atoms with Crippen LogP contribution in [-0.2, 0) is 11.2 Å². The van der Waals surface area contributed by atoms with Crippen LogP contribution in [0.5, 0.6) is 5.75 Å². The van der Waals surface area contributed by atoms with Crippen LogP contribution in [0.3, 0.4) is 0 Å². The Morgan fingerprint density at radius 1 is 1.44 bits per heavy atom. The Morgan fingerprint density at radius 3 is 3.19 bits per heavy atom. The predicted molar refractivity (Wildman–Crippen MR) is 63.9 cm³/mol. The Morgan fingerprint density at radius 2 is 2.31 bits per heavy atom. The van der Waals surface area contributed by atoms with Gasteiger partial charge in [0.15, 0.2) is 0 Å². The molecule has 1 aliphatic rings. The Labute approximate surface area is 96.8 Å². The van der Waals surface area contributed by atoms with Gasteiger partial charge in [-0.1, -0.05) is 18.2 Å². The topological polar surface area (TPSA) is 30.5 Å². The molecule has 0 saturated carbocycles. The van der Waals surface area contributed by atoms with E-state index < -0.39 is 0 Å². The molecule has 1 fully saturated rings. The molecule has 3 nitrogen and oxygen atoms in total. The van der Waals surface area contributed by atoms with Crippen molar-refractivity contribution < 1.29 is 9.47 Å². The average molecular weight is 221 g/mol. The van der Waals surface area contributed by atoms with Crippen LogP contribution in [0.25, 0.3) is 0 Å². The number of nitrogens with one attached hydrogen (secondary N) is 1. The van der Waals surface area contributed by atoms with E-state index in [9.17, 15) is 0 Å². The van der Waals surface area contributed by atoms with Gasteiger partial charge >= 0.3 is 0 Å². The largest absolute Gasteiger partial charge is 0.496 e. The minimum Gasteiger partial charge on any atom is -0.496 e. The fourth-order valence-electron chi connectivity index (χ4n) is 2.07. The quantitative estimate of drug-likeness (QED) is 0.838. The third-order valence-corrected chi connectivity index (χ3v) is 2.91. The van der Waals surface area contributed by atoms with Crippen LogP contribution in [0.2, 0.25) is 0 Å². The first-order valence-electron chi connectivity index (χ1n) is 5.80. The van der Waals surface area contributed by atoms with Crippen LogP contribution < -0.4 is 10.1 Å². The first-order chi connectivity index (χ1) is 7.90. The fourth-order valence-corrected chi connectivity index (χ4v) is 2.07. The van der Waals surface area contributed by atoms with Crippen LogP contribution in [0.15, 0.2) is 24.3 Å². The zero-order chi connectivity index (χ0) is 11.2. The zero-order valence-corrected chi connectivity index (χ0v) is 9.74. The third kappa shape index (κ3) is 2.97. The lowest BCUT2D eigenvalue weighted by molar-refractivity contribution is 0.123. The molecule has 1 aromatic rings. The van der Waals surface area contributed by atoms with Gasteiger partial charge in [-0.15, -0.1) is 0 Å². The monoisotopic (exact) mass is 221 g/mol. The predicted octanol–water partition coefficient (Wildman–Crippen LogP) is 1.47. The van der Waals surface area contributed by atoms with Gasteiger partial charge in [0.2, 0.25) is 0 Å². The van der Waals surface area contributed by atoms with Crippen LogP contribution in [-0.4, -0.2) is 33.4 Å². The highest BCUT2D eigenvalue weighted by Crippen LogP contribution is 2.21. The van der Waals surface area contributed by atoms with Crippen LogP contribution >= 0.6 is 0 Å². The van der Waals surface area contributed by atoms with Crippen molar-refractivity contribution in [1.29, 1.82) is 0 Å². The molecule has 16 heavy (non-hydrogen) atoms. The molecule has 0 aromatic heterocycles. The average Bonchev–Trinajstić information content (AvgIpc) is 2.58. The maximum Gasteiger partial charge on any atom is 0.122 e. The lowest BCUT2D eigenvalue weighted by atomic mass is 9.99. The van der Waals surface area contributed by atoms with Gasteiger partial charge in [-0.2, -0.15) is 0 Å². The second kappa shape index (κ2) is 5.87. The number of hydrogen-bond acceptors (Lipinski definition) is 3. The summed E-state index contributed by atoms with van der Waals surface area (Å²) in [6, 6.07) is 8.21. The fraction of sp³-hybridized carbons (Fsp3) is 0.538. The van der Waals surface area contributed by atoms with Crippen molar-refractivity contribution in [3.8, 4) is 5.75 Å². The molecule has 1 N–H and O–H groups in total. The van der Waals surface area contributed by atoms with E-state index in [1.54, 1.807) is 7.11 Å². The van der Waals surface area contributed by atoms with E-state index >= 15 is 0 Å². The third-order valence-electron chi connectivity index (χ3n) is 2.91. The smallest absolute Gasteiger partial charge is 0.122 e. The van der Waals surface area contributed by atoms with Gasteiger partial charge in [0.05, 0.1) is 20.3 Å². The second-order valence-electron chi connectivity index (χ2n) is 4.16. The maximum atomic E-state index is 5.55. The van der Waals surface area contributed by atoms with Crippen molar-refractivity contribution in [2.75, 3.05) is 33.4 Å². The van der Waals surface area contributed by atoms with E-state index in [-0.39, 0.29) is 0 Å². The van der Waals surface area contributed by atoms with Crippen molar-refractivity contribution >= 4 is 0 Å². The number of ether oxygens (including phenoxy) is 2. The molecule has 0 spiro atoms. The first kappa shape index (κ1) is 11.4. The van der Waals surface area contributed by atoms with Crippen molar-refractivity contribution in [2.45, 2.75) is 6.42 Å². The van der Waals surface area contributed by atoms with Gasteiger partial charge in [0.1, 0.15) is 5.75 Å². The molecule has 88 valence electrons. The summed E-state index contributed by atoms with van der Waals surface area (Å²) in [5, 5.41) is 3.39. The van der Waals surface area contributed by atoms with Crippen molar-refractivity contribution in [3.05, 3.63) is 29.8 Å². The molecular formula is C13H19NO2.